The number of hydrogen-bond acceptors (Lipinski definition) is 10. The summed E-state index contributed by atoms with van der Waals surface area (Å²) in [6.07, 6.45) is -5.01. The van der Waals surface area contributed by atoms with E-state index in [-0.39, 0.29) is 17.2 Å². The first-order chi connectivity index (χ1) is 15.5. The van der Waals surface area contributed by atoms with Crippen molar-refractivity contribution in [2.75, 3.05) is 20.6 Å². The number of ether oxygens (including phenoxy) is 2. The highest BCUT2D eigenvalue weighted by Gasteiger charge is 2.35. The molecule has 10 nitrogen and oxygen atoms in total. The molecule has 0 heterocycles. The fourth-order valence-corrected chi connectivity index (χ4v) is 2.36. The van der Waals surface area contributed by atoms with Crippen LogP contribution in [0.4, 0.5) is 0 Å². The maximum atomic E-state index is 11.7. The third-order valence-corrected chi connectivity index (χ3v) is 3.82. The van der Waals surface area contributed by atoms with Gasteiger partial charge in [-0.05, 0) is 45.3 Å². The van der Waals surface area contributed by atoms with Gasteiger partial charge in [-0.3, -0.25) is 0 Å². The number of carbonyl (C=O) groups excluding carboxylic acids is 4. The Morgan fingerprint density at radius 3 is 1.30 bits per heavy atom. The van der Waals surface area contributed by atoms with Crippen molar-refractivity contribution >= 4 is 23.9 Å². The maximum absolute atomic E-state index is 11.7. The van der Waals surface area contributed by atoms with Crippen molar-refractivity contribution in [3.05, 3.63) is 71.8 Å². The van der Waals surface area contributed by atoms with E-state index in [1.807, 2.05) is 19.0 Å². The summed E-state index contributed by atoms with van der Waals surface area (Å²) in [4.78, 5) is 48.7. The first-order valence-corrected chi connectivity index (χ1v) is 9.84. The maximum Gasteiger partial charge on any atom is 0.346 e. The Morgan fingerprint density at radius 1 is 0.727 bits per heavy atom. The summed E-state index contributed by atoms with van der Waals surface area (Å²) in [5.41, 5.74) is 0.0637. The van der Waals surface area contributed by atoms with E-state index in [4.69, 9.17) is 5.11 Å². The number of hydrogen-bond donors (Lipinski definition) is 3. The van der Waals surface area contributed by atoms with E-state index in [0.29, 0.717) is 0 Å². The van der Waals surface area contributed by atoms with Gasteiger partial charge in [0.2, 0.25) is 0 Å². The Labute approximate surface area is 191 Å². The van der Waals surface area contributed by atoms with Crippen LogP contribution in [0.1, 0.15) is 27.6 Å². The van der Waals surface area contributed by atoms with Gasteiger partial charge in [0.25, 0.3) is 0 Å². The number of esters is 4. The molecule has 0 aromatic heterocycles. The second kappa shape index (κ2) is 13.9. The Bertz CT molecular complexity index is 839. The summed E-state index contributed by atoms with van der Waals surface area (Å²) in [7, 11) is 3.87. The van der Waals surface area contributed by atoms with Crippen LogP contribution >= 0.6 is 0 Å². The lowest BCUT2D eigenvalue weighted by molar-refractivity contribution is -0.166. The van der Waals surface area contributed by atoms with Crippen LogP contribution in [-0.2, 0) is 19.1 Å². The van der Waals surface area contributed by atoms with Crippen molar-refractivity contribution in [1.29, 1.82) is 0 Å². The number of rotatable bonds is 7. The van der Waals surface area contributed by atoms with Crippen LogP contribution in [0.3, 0.4) is 0 Å². The van der Waals surface area contributed by atoms with Crippen LogP contribution in [0.5, 0.6) is 0 Å². The molecule has 0 saturated heterocycles. The van der Waals surface area contributed by atoms with Gasteiger partial charge in [-0.15, -0.1) is 0 Å². The van der Waals surface area contributed by atoms with Gasteiger partial charge in [0.05, 0.1) is 17.2 Å². The average molecular weight is 461 g/mol. The van der Waals surface area contributed by atoms with Gasteiger partial charge in [-0.25, -0.2) is 19.2 Å². The number of likely N-dealkylation sites (N-methyl/N-ethyl adjacent to an activating group) is 1. The topological polar surface area (TPSA) is 151 Å². The zero-order valence-electron chi connectivity index (χ0n) is 18.5. The van der Waals surface area contributed by atoms with E-state index >= 15 is 0 Å². The molecule has 0 aliphatic heterocycles. The smallest absolute Gasteiger partial charge is 0.346 e. The quantitative estimate of drug-likeness (QED) is 0.390. The number of nitrogens with zero attached hydrogens (tertiary/aromatic N) is 1. The van der Waals surface area contributed by atoms with Crippen LogP contribution in [0.2, 0.25) is 0 Å². The van der Waals surface area contributed by atoms with Crippen molar-refractivity contribution in [2.24, 2.45) is 0 Å². The molecule has 0 saturated carbocycles. The highest BCUT2D eigenvalue weighted by Crippen LogP contribution is 2.07. The molecule has 0 radical (unpaired) electrons. The molecule has 0 fully saturated rings. The monoisotopic (exact) mass is 461 g/mol. The SMILES string of the molecule is CC(O)CN(C)C.O=C(OC(=O)C(O)C(O)C(=O)OC(=O)c1ccccc1)c1ccccc1. The summed E-state index contributed by atoms with van der Waals surface area (Å²) in [5, 5.41) is 28.0. The van der Waals surface area contributed by atoms with Crippen LogP contribution in [0.25, 0.3) is 0 Å². The van der Waals surface area contributed by atoms with Crippen LogP contribution < -0.4 is 0 Å². The second-order valence-corrected chi connectivity index (χ2v) is 7.15. The van der Waals surface area contributed by atoms with Gasteiger partial charge in [0.1, 0.15) is 0 Å². The second-order valence-electron chi connectivity index (χ2n) is 7.15. The largest absolute Gasteiger partial charge is 0.392 e. The number of benzene rings is 2. The Kier molecular flexibility index (Phi) is 11.6. The molecule has 2 rings (SSSR count). The molecule has 2 aromatic carbocycles. The zero-order chi connectivity index (χ0) is 25.0. The third-order valence-electron chi connectivity index (χ3n) is 3.82. The zero-order valence-corrected chi connectivity index (χ0v) is 18.5. The molecule has 3 unspecified atom stereocenters. The molecule has 2 aromatic rings. The number of carbonyl (C=O) groups is 4. The van der Waals surface area contributed by atoms with E-state index in [9.17, 15) is 29.4 Å². The molecule has 0 aliphatic carbocycles. The lowest BCUT2D eigenvalue weighted by atomic mass is 10.2. The molecule has 0 amide bonds. The minimum atomic E-state index is -2.40. The first kappa shape index (κ1) is 27.6. The van der Waals surface area contributed by atoms with Crippen LogP contribution in [0.15, 0.2) is 60.7 Å². The molecular formula is C23H27NO9. The van der Waals surface area contributed by atoms with Gasteiger partial charge < -0.3 is 29.7 Å². The summed E-state index contributed by atoms with van der Waals surface area (Å²) in [6, 6.07) is 14.8. The molecule has 0 bridgehead atoms. The summed E-state index contributed by atoms with van der Waals surface area (Å²) < 4.78 is 8.76. The normalized spacial score (nSPS) is 13.1. The Hall–Kier alpha value is -3.44. The van der Waals surface area contributed by atoms with Crippen LogP contribution in [0, 0.1) is 0 Å². The number of aliphatic hydroxyl groups is 3. The fourth-order valence-electron chi connectivity index (χ4n) is 2.36. The molecule has 178 valence electrons. The van der Waals surface area contributed by atoms with Crippen molar-refractivity contribution in [1.82, 2.24) is 4.90 Å². The lowest BCUT2D eigenvalue weighted by Crippen LogP contribution is -2.43. The summed E-state index contributed by atoms with van der Waals surface area (Å²) >= 11 is 0. The van der Waals surface area contributed by atoms with E-state index in [1.165, 1.54) is 48.5 Å². The predicted octanol–water partition coefficient (Wildman–Crippen LogP) is 0.404. The molecular weight excluding hydrogens is 434 g/mol. The van der Waals surface area contributed by atoms with Gasteiger partial charge in [-0.1, -0.05) is 36.4 Å². The highest BCUT2D eigenvalue weighted by molar-refractivity contribution is 6.01. The number of aliphatic hydroxyl groups excluding tert-OH is 3. The minimum Gasteiger partial charge on any atom is -0.392 e. The molecule has 0 spiro atoms. The molecule has 33 heavy (non-hydrogen) atoms. The van der Waals surface area contributed by atoms with E-state index < -0.39 is 36.1 Å². The standard InChI is InChI=1S/C18H14O8.C5H13NO/c19-13(17(23)25-15(21)11-7-3-1-4-8-11)14(20)18(24)26-16(22)12-9-5-2-6-10-12;1-5(7)4-6(2)3/h1-10,13-14,19-20H;5,7H,4H2,1-3H3. The van der Waals surface area contributed by atoms with Gasteiger partial charge in [-0.2, -0.15) is 0 Å². The molecule has 0 aliphatic rings. The lowest BCUT2D eigenvalue weighted by Gasteiger charge is -2.14. The van der Waals surface area contributed by atoms with Crippen molar-refractivity contribution < 1.29 is 44.0 Å². The molecule has 10 heteroatoms. The Balaban J connectivity index is 0.000000675. The van der Waals surface area contributed by atoms with Gasteiger partial charge in [0, 0.05) is 6.54 Å². The van der Waals surface area contributed by atoms with Gasteiger partial charge >= 0.3 is 23.9 Å². The van der Waals surface area contributed by atoms with Crippen molar-refractivity contribution in [3.8, 4) is 0 Å². The van der Waals surface area contributed by atoms with Gasteiger partial charge in [0.15, 0.2) is 12.2 Å². The van der Waals surface area contributed by atoms with E-state index in [2.05, 4.69) is 9.47 Å². The van der Waals surface area contributed by atoms with Crippen LogP contribution in [-0.4, -0.2) is 83.0 Å². The van der Waals surface area contributed by atoms with E-state index in [1.54, 1.807) is 19.1 Å². The van der Waals surface area contributed by atoms with Crippen molar-refractivity contribution in [3.63, 3.8) is 0 Å². The average Bonchev–Trinajstić information content (AvgIpc) is 2.78. The summed E-state index contributed by atoms with van der Waals surface area (Å²) in [5.74, 6) is -5.27. The van der Waals surface area contributed by atoms with Crippen molar-refractivity contribution in [2.45, 2.75) is 25.2 Å². The molecule has 3 atom stereocenters. The molecule has 3 N–H and O–H groups in total. The fraction of sp³-hybridized carbons (Fsp3) is 0.304. The minimum absolute atomic E-state index is 0.0318. The van der Waals surface area contributed by atoms with E-state index in [0.717, 1.165) is 6.54 Å². The third kappa shape index (κ3) is 10.1. The first-order valence-electron chi connectivity index (χ1n) is 9.84. The summed E-state index contributed by atoms with van der Waals surface area (Å²) in [6.45, 7) is 2.53. The highest BCUT2D eigenvalue weighted by atomic mass is 16.6. The Morgan fingerprint density at radius 2 is 1.06 bits per heavy atom. The predicted molar refractivity (Wildman–Crippen MR) is 116 cm³/mol.